The topological polar surface area (TPSA) is 78.0 Å². The molecule has 3 rings (SSSR count). The first-order chi connectivity index (χ1) is 14.1. The highest BCUT2D eigenvalue weighted by atomic mass is 16.5. The van der Waals surface area contributed by atoms with Crippen LogP contribution in [0.4, 0.5) is 5.69 Å². The molecule has 7 heteroatoms. The van der Waals surface area contributed by atoms with Crippen LogP contribution in [-0.4, -0.2) is 38.4 Å². The number of carbonyl (C=O) groups excluding carboxylic acids is 1. The van der Waals surface area contributed by atoms with Crippen LogP contribution in [0, 0.1) is 0 Å². The predicted molar refractivity (Wildman–Crippen MR) is 116 cm³/mol. The van der Waals surface area contributed by atoms with E-state index in [2.05, 4.69) is 52.3 Å². The van der Waals surface area contributed by atoms with Crippen molar-refractivity contribution < 1.29 is 9.53 Å². The zero-order chi connectivity index (χ0) is 20.6. The van der Waals surface area contributed by atoms with E-state index in [1.54, 1.807) is 13.3 Å². The Balaban J connectivity index is 1.52. The van der Waals surface area contributed by atoms with Gasteiger partial charge in [0.25, 0.3) is 5.91 Å². The van der Waals surface area contributed by atoms with Crippen molar-refractivity contribution in [3.63, 3.8) is 0 Å². The van der Waals surface area contributed by atoms with Crippen LogP contribution in [0.2, 0.25) is 0 Å². The molecule has 3 N–H and O–H groups in total. The summed E-state index contributed by atoms with van der Waals surface area (Å²) in [6.07, 6.45) is 2.29. The van der Waals surface area contributed by atoms with Crippen LogP contribution in [0.5, 0.6) is 5.75 Å². The molecule has 1 fully saturated rings. The summed E-state index contributed by atoms with van der Waals surface area (Å²) in [7, 11) is 1.64. The summed E-state index contributed by atoms with van der Waals surface area (Å²) in [4.78, 5) is 14.7. The largest absolute Gasteiger partial charge is 0.497 e. The van der Waals surface area contributed by atoms with E-state index in [0.29, 0.717) is 6.42 Å². The van der Waals surface area contributed by atoms with E-state index in [-0.39, 0.29) is 18.0 Å². The maximum atomic E-state index is 12.4. The Bertz CT molecular complexity index is 833. The van der Waals surface area contributed by atoms with E-state index in [9.17, 15) is 4.79 Å². The van der Waals surface area contributed by atoms with E-state index < -0.39 is 0 Å². The smallest absolute Gasteiger partial charge is 0.258 e. The summed E-state index contributed by atoms with van der Waals surface area (Å²) in [5.41, 5.74) is 12.0. The number of rotatable bonds is 8. The molecule has 0 aromatic heterocycles. The van der Waals surface area contributed by atoms with Crippen molar-refractivity contribution in [3.8, 4) is 5.75 Å². The Morgan fingerprint density at radius 2 is 1.97 bits per heavy atom. The number of carbonyl (C=O) groups is 1. The lowest BCUT2D eigenvalue weighted by Crippen LogP contribution is -2.41. The summed E-state index contributed by atoms with van der Waals surface area (Å²) >= 11 is 0. The molecule has 0 radical (unpaired) electrons. The highest BCUT2D eigenvalue weighted by molar-refractivity contribution is 5.85. The van der Waals surface area contributed by atoms with Gasteiger partial charge in [0.2, 0.25) is 0 Å². The Morgan fingerprint density at radius 1 is 1.21 bits per heavy atom. The van der Waals surface area contributed by atoms with E-state index in [1.807, 2.05) is 36.4 Å². The van der Waals surface area contributed by atoms with Crippen molar-refractivity contribution in [2.45, 2.75) is 32.4 Å². The monoisotopic (exact) mass is 395 g/mol. The minimum Gasteiger partial charge on any atom is -0.497 e. The van der Waals surface area contributed by atoms with Gasteiger partial charge in [-0.25, -0.2) is 16.3 Å². The van der Waals surface area contributed by atoms with Gasteiger partial charge in [-0.05, 0) is 55.7 Å². The van der Waals surface area contributed by atoms with Crippen LogP contribution in [0.25, 0.3) is 0 Å². The number of methoxy groups -OCH3 is 1. The molecule has 1 aliphatic heterocycles. The first-order valence-electron chi connectivity index (χ1n) is 9.97. The lowest BCUT2D eigenvalue weighted by molar-refractivity contribution is -0.122. The van der Waals surface area contributed by atoms with Crippen LogP contribution < -0.4 is 25.9 Å². The number of hydrazine groups is 1. The normalized spacial score (nSPS) is 18.7. The first kappa shape index (κ1) is 20.8. The average molecular weight is 396 g/mol. The number of anilines is 1. The molecule has 0 spiro atoms. The van der Waals surface area contributed by atoms with E-state index in [1.165, 1.54) is 5.69 Å². The summed E-state index contributed by atoms with van der Waals surface area (Å²) in [5.74, 6) is 0.632. The number of hydrogen-bond acceptors (Lipinski definition) is 6. The second kappa shape index (κ2) is 10.0. The molecule has 0 bridgehead atoms. The zero-order valence-corrected chi connectivity index (χ0v) is 17.2. The van der Waals surface area contributed by atoms with Gasteiger partial charge < -0.3 is 9.64 Å². The number of amides is 1. The quantitative estimate of drug-likeness (QED) is 0.473. The molecule has 7 nitrogen and oxygen atoms in total. The number of ether oxygens (including phenoxy) is 1. The maximum Gasteiger partial charge on any atom is 0.258 e. The summed E-state index contributed by atoms with van der Waals surface area (Å²) in [6, 6.07) is 15.6. The Morgan fingerprint density at radius 3 is 2.66 bits per heavy atom. The molecule has 1 aliphatic rings. The summed E-state index contributed by atoms with van der Waals surface area (Å²) in [6.45, 7) is 6.22. The van der Waals surface area contributed by atoms with Crippen molar-refractivity contribution in [1.82, 2.24) is 16.3 Å². The van der Waals surface area contributed by atoms with Gasteiger partial charge in [0.1, 0.15) is 11.8 Å². The third kappa shape index (κ3) is 5.34. The molecule has 1 amide bonds. The van der Waals surface area contributed by atoms with Crippen molar-refractivity contribution in [3.05, 3.63) is 59.7 Å². The van der Waals surface area contributed by atoms with Crippen LogP contribution in [0.1, 0.15) is 37.4 Å². The third-order valence-corrected chi connectivity index (χ3v) is 5.13. The van der Waals surface area contributed by atoms with Crippen LogP contribution in [-0.2, 0) is 4.79 Å². The van der Waals surface area contributed by atoms with Gasteiger partial charge in [0.15, 0.2) is 0 Å². The van der Waals surface area contributed by atoms with Crippen LogP contribution >= 0.6 is 0 Å². The van der Waals surface area contributed by atoms with Crippen LogP contribution in [0.3, 0.4) is 0 Å². The van der Waals surface area contributed by atoms with Crippen molar-refractivity contribution in [2.24, 2.45) is 5.10 Å². The van der Waals surface area contributed by atoms with Crippen molar-refractivity contribution in [1.29, 1.82) is 0 Å². The predicted octanol–water partition coefficient (Wildman–Crippen LogP) is 2.60. The number of hydrogen-bond donors (Lipinski definition) is 3. The summed E-state index contributed by atoms with van der Waals surface area (Å²) in [5, 5.41) is 4.10. The first-order valence-corrected chi connectivity index (χ1v) is 9.97. The van der Waals surface area contributed by atoms with Gasteiger partial charge in [-0.15, -0.1) is 0 Å². The molecule has 2 aromatic carbocycles. The van der Waals surface area contributed by atoms with E-state index >= 15 is 0 Å². The minimum atomic E-state index is -0.353. The molecule has 29 heavy (non-hydrogen) atoms. The van der Waals surface area contributed by atoms with Crippen LogP contribution in [0.15, 0.2) is 53.6 Å². The highest BCUT2D eigenvalue weighted by Crippen LogP contribution is 2.25. The summed E-state index contributed by atoms with van der Waals surface area (Å²) < 4.78 is 5.27. The zero-order valence-electron chi connectivity index (χ0n) is 17.2. The molecule has 154 valence electrons. The van der Waals surface area contributed by atoms with Gasteiger partial charge in [-0.3, -0.25) is 4.79 Å². The van der Waals surface area contributed by atoms with Crippen molar-refractivity contribution in [2.75, 3.05) is 25.1 Å². The SMILES string of the molecule is CCN(CC)c1ccc(/C=N\NC(=O)C2CC(c3cccc(OC)c3)NN2)cc1. The lowest BCUT2D eigenvalue weighted by Gasteiger charge is -2.20. The van der Waals surface area contributed by atoms with E-state index in [4.69, 9.17) is 4.74 Å². The molecule has 2 unspecified atom stereocenters. The molecule has 1 saturated heterocycles. The minimum absolute atomic E-state index is 0.0393. The van der Waals surface area contributed by atoms with Gasteiger partial charge in [0, 0.05) is 24.8 Å². The fraction of sp³-hybridized carbons (Fsp3) is 0.364. The third-order valence-electron chi connectivity index (χ3n) is 5.13. The molecular formula is C22H29N5O2. The van der Waals surface area contributed by atoms with Gasteiger partial charge in [-0.1, -0.05) is 24.3 Å². The standard InChI is InChI=1S/C22H29N5O2/c1-4-27(5-2)18-11-9-16(10-12-18)15-23-26-22(28)21-14-20(24-25-21)17-7-6-8-19(13-17)29-3/h6-13,15,20-21,24-25H,4-5,14H2,1-3H3,(H,26,28)/b23-15-. The molecule has 2 aromatic rings. The second-order valence-electron chi connectivity index (χ2n) is 6.90. The Kier molecular flexibility index (Phi) is 7.21. The molecular weight excluding hydrogens is 366 g/mol. The fourth-order valence-electron chi connectivity index (χ4n) is 3.41. The fourth-order valence-corrected chi connectivity index (χ4v) is 3.41. The molecule has 0 aliphatic carbocycles. The van der Waals surface area contributed by atoms with Gasteiger partial charge in [0.05, 0.1) is 13.3 Å². The number of benzene rings is 2. The second-order valence-corrected chi connectivity index (χ2v) is 6.90. The van der Waals surface area contributed by atoms with Crippen molar-refractivity contribution >= 4 is 17.8 Å². The Hall–Kier alpha value is -2.90. The van der Waals surface area contributed by atoms with Gasteiger partial charge >= 0.3 is 0 Å². The Labute approximate surface area is 172 Å². The molecule has 1 heterocycles. The van der Waals surface area contributed by atoms with E-state index in [0.717, 1.165) is 30.0 Å². The van der Waals surface area contributed by atoms with Gasteiger partial charge in [-0.2, -0.15) is 5.10 Å². The molecule has 2 atom stereocenters. The number of nitrogens with zero attached hydrogens (tertiary/aromatic N) is 2. The average Bonchev–Trinajstić information content (AvgIpc) is 3.26. The molecule has 0 saturated carbocycles. The highest BCUT2D eigenvalue weighted by Gasteiger charge is 2.30. The maximum absolute atomic E-state index is 12.4. The number of hydrazone groups is 1. The lowest BCUT2D eigenvalue weighted by atomic mass is 10.0. The number of nitrogens with one attached hydrogen (secondary N) is 3.